The predicted molar refractivity (Wildman–Crippen MR) is 127 cm³/mol. The van der Waals surface area contributed by atoms with Crippen molar-refractivity contribution in [3.05, 3.63) is 0 Å². The zero-order valence-electron chi connectivity index (χ0n) is 19.0. The highest BCUT2D eigenvalue weighted by molar-refractivity contribution is 8.76. The molecule has 1 aliphatic heterocycles. The van der Waals surface area contributed by atoms with Gasteiger partial charge in [-0.05, 0) is 46.0 Å². The van der Waals surface area contributed by atoms with Gasteiger partial charge >= 0.3 is 0 Å². The zero-order valence-corrected chi connectivity index (χ0v) is 20.6. The van der Waals surface area contributed by atoms with Gasteiger partial charge in [0.1, 0.15) is 5.78 Å². The van der Waals surface area contributed by atoms with E-state index in [2.05, 4.69) is 5.32 Å². The molecule has 174 valence electrons. The molecule has 0 aromatic carbocycles. The highest BCUT2D eigenvalue weighted by Crippen LogP contribution is 2.23. The minimum Gasteiger partial charge on any atom is -0.377 e. The van der Waals surface area contributed by atoms with Crippen LogP contribution in [0.5, 0.6) is 0 Å². The summed E-state index contributed by atoms with van der Waals surface area (Å²) in [6, 6.07) is 0.248. The molecule has 8 heteroatoms. The molecule has 1 atom stereocenters. The topological polar surface area (TPSA) is 75.7 Å². The van der Waals surface area contributed by atoms with E-state index < -0.39 is 0 Å². The summed E-state index contributed by atoms with van der Waals surface area (Å²) in [5, 5.41) is 2.92. The minimum atomic E-state index is 0.0664. The normalized spacial score (nSPS) is 16.3. The maximum absolute atomic E-state index is 12.5. The third-order valence-electron chi connectivity index (χ3n) is 5.03. The quantitative estimate of drug-likeness (QED) is 0.259. The lowest BCUT2D eigenvalue weighted by Crippen LogP contribution is -2.38. The molecule has 1 heterocycles. The molecule has 0 bridgehead atoms. The molecule has 2 amide bonds. The fourth-order valence-electron chi connectivity index (χ4n) is 3.29. The highest BCUT2D eigenvalue weighted by atomic mass is 33.1. The molecule has 6 nitrogen and oxygen atoms in total. The van der Waals surface area contributed by atoms with E-state index >= 15 is 0 Å². The molecular formula is C22H40N2O4S2. The van der Waals surface area contributed by atoms with Gasteiger partial charge in [0.15, 0.2) is 0 Å². The molecule has 1 fully saturated rings. The Morgan fingerprint density at radius 1 is 1.07 bits per heavy atom. The lowest BCUT2D eigenvalue weighted by molar-refractivity contribution is -0.133. The number of rotatable bonds is 17. The van der Waals surface area contributed by atoms with Crippen molar-refractivity contribution in [3.63, 3.8) is 0 Å². The summed E-state index contributed by atoms with van der Waals surface area (Å²) in [5.41, 5.74) is 0. The predicted octanol–water partition coefficient (Wildman–Crippen LogP) is 4.22. The van der Waals surface area contributed by atoms with Gasteiger partial charge in [-0.25, -0.2) is 0 Å². The van der Waals surface area contributed by atoms with Gasteiger partial charge in [-0.1, -0.05) is 28.5 Å². The molecule has 0 aliphatic carbocycles. The second-order valence-corrected chi connectivity index (χ2v) is 10.7. The molecule has 0 saturated carbocycles. The third kappa shape index (κ3) is 12.8. The van der Waals surface area contributed by atoms with Gasteiger partial charge in [-0.15, -0.1) is 0 Å². The molecule has 30 heavy (non-hydrogen) atoms. The Morgan fingerprint density at radius 2 is 1.80 bits per heavy atom. The number of hydrogen-bond donors (Lipinski definition) is 1. The summed E-state index contributed by atoms with van der Waals surface area (Å²) in [6.07, 6.45) is 7.05. The van der Waals surface area contributed by atoms with Gasteiger partial charge in [-0.3, -0.25) is 14.4 Å². The fraction of sp³-hybridized carbons (Fsp3) is 0.864. The minimum absolute atomic E-state index is 0.0664. The van der Waals surface area contributed by atoms with Gasteiger partial charge in [0, 0.05) is 50.3 Å². The van der Waals surface area contributed by atoms with Crippen LogP contribution in [0.4, 0.5) is 0 Å². The van der Waals surface area contributed by atoms with E-state index in [0.717, 1.165) is 50.2 Å². The summed E-state index contributed by atoms with van der Waals surface area (Å²) in [4.78, 5) is 37.4. The van der Waals surface area contributed by atoms with Crippen molar-refractivity contribution in [2.24, 2.45) is 0 Å². The van der Waals surface area contributed by atoms with E-state index in [9.17, 15) is 14.4 Å². The maximum atomic E-state index is 12.5. The van der Waals surface area contributed by atoms with Crippen molar-refractivity contribution < 1.29 is 19.1 Å². The summed E-state index contributed by atoms with van der Waals surface area (Å²) >= 11 is 0. The number of Topliss-reactive ketones (excluding diaryl/α,β-unsaturated/α-hetero) is 1. The van der Waals surface area contributed by atoms with Crippen LogP contribution in [0.15, 0.2) is 0 Å². The molecule has 1 N–H and O–H groups in total. The first kappa shape index (κ1) is 27.3. The Bertz CT molecular complexity index is 517. The van der Waals surface area contributed by atoms with E-state index in [-0.39, 0.29) is 29.7 Å². The first-order valence-corrected chi connectivity index (χ1v) is 13.9. The number of carbonyl (C=O) groups excluding carboxylic acids is 3. The van der Waals surface area contributed by atoms with E-state index in [1.165, 1.54) is 0 Å². The average molecular weight is 461 g/mol. The molecule has 0 spiro atoms. The molecule has 0 aromatic rings. The second-order valence-electron chi connectivity index (χ2n) is 7.96. The number of likely N-dealkylation sites (tertiary alicyclic amines) is 1. The Hall–Kier alpha value is -0.730. The standard InChI is InChI=1S/C22H40N2O4S2/c1-4-20(25)10-5-6-11-21(26)23-13-16-30-29-15-8-12-22(27)24-14-7-9-19(24)17-28-18(2)3/h18-19H,4-17H2,1-3H3,(H,23,26)/t19-/m0/s1. The largest absolute Gasteiger partial charge is 0.377 e. The first-order chi connectivity index (χ1) is 14.4. The van der Waals surface area contributed by atoms with Crippen LogP contribution >= 0.6 is 21.6 Å². The van der Waals surface area contributed by atoms with Crippen molar-refractivity contribution in [2.75, 3.05) is 31.2 Å². The first-order valence-electron chi connectivity index (χ1n) is 11.4. The lowest BCUT2D eigenvalue weighted by atomic mass is 10.1. The summed E-state index contributed by atoms with van der Waals surface area (Å²) < 4.78 is 5.70. The van der Waals surface area contributed by atoms with Crippen LogP contribution in [0.25, 0.3) is 0 Å². The number of carbonyl (C=O) groups is 3. The van der Waals surface area contributed by atoms with E-state index in [1.54, 1.807) is 21.6 Å². The van der Waals surface area contributed by atoms with Crippen LogP contribution in [0.3, 0.4) is 0 Å². The van der Waals surface area contributed by atoms with Crippen LogP contribution in [-0.4, -0.2) is 65.8 Å². The lowest BCUT2D eigenvalue weighted by Gasteiger charge is -2.25. The van der Waals surface area contributed by atoms with Crippen molar-refractivity contribution >= 4 is 39.2 Å². The van der Waals surface area contributed by atoms with Gasteiger partial charge < -0.3 is 15.0 Å². The molecule has 0 aromatic heterocycles. The Labute approximate surface area is 190 Å². The number of ether oxygens (including phenoxy) is 1. The third-order valence-corrected chi connectivity index (χ3v) is 7.53. The van der Waals surface area contributed by atoms with Crippen LogP contribution in [0.2, 0.25) is 0 Å². The summed E-state index contributed by atoms with van der Waals surface area (Å²) in [6.45, 7) is 8.10. The number of nitrogens with one attached hydrogen (secondary N) is 1. The molecule has 1 rings (SSSR count). The Morgan fingerprint density at radius 3 is 2.53 bits per heavy atom. The second kappa shape index (κ2) is 16.9. The van der Waals surface area contributed by atoms with Crippen molar-refractivity contribution in [3.8, 4) is 0 Å². The van der Waals surface area contributed by atoms with Crippen molar-refractivity contribution in [1.29, 1.82) is 0 Å². The van der Waals surface area contributed by atoms with Gasteiger partial charge in [-0.2, -0.15) is 0 Å². The Kier molecular flexibility index (Phi) is 15.4. The average Bonchev–Trinajstić information content (AvgIpc) is 3.20. The number of ketones is 1. The molecule has 0 radical (unpaired) electrons. The maximum Gasteiger partial charge on any atom is 0.222 e. The van der Waals surface area contributed by atoms with Crippen LogP contribution in [-0.2, 0) is 19.1 Å². The van der Waals surface area contributed by atoms with Crippen molar-refractivity contribution in [1.82, 2.24) is 10.2 Å². The number of nitrogens with zero attached hydrogens (tertiary/aromatic N) is 1. The van der Waals surface area contributed by atoms with E-state index in [1.807, 2.05) is 25.7 Å². The molecule has 0 unspecified atom stereocenters. The SMILES string of the molecule is CCC(=O)CCCCC(=O)NCCSSCCCC(=O)N1CCC[C@H]1COC(C)C. The van der Waals surface area contributed by atoms with Crippen molar-refractivity contribution in [2.45, 2.75) is 90.7 Å². The fourth-order valence-corrected chi connectivity index (χ4v) is 5.28. The van der Waals surface area contributed by atoms with Crippen LogP contribution < -0.4 is 5.32 Å². The summed E-state index contributed by atoms with van der Waals surface area (Å²) in [7, 11) is 3.50. The number of amides is 2. The van der Waals surface area contributed by atoms with Gasteiger partial charge in [0.25, 0.3) is 0 Å². The van der Waals surface area contributed by atoms with Gasteiger partial charge in [0.05, 0.1) is 18.8 Å². The van der Waals surface area contributed by atoms with E-state index in [4.69, 9.17) is 4.74 Å². The molecule has 1 saturated heterocycles. The zero-order chi connectivity index (χ0) is 22.2. The Balaban J connectivity index is 1.97. The van der Waals surface area contributed by atoms with Crippen LogP contribution in [0, 0.1) is 0 Å². The highest BCUT2D eigenvalue weighted by Gasteiger charge is 2.28. The molecule has 1 aliphatic rings. The number of hydrogen-bond acceptors (Lipinski definition) is 6. The monoisotopic (exact) mass is 460 g/mol. The van der Waals surface area contributed by atoms with Gasteiger partial charge in [0.2, 0.25) is 11.8 Å². The summed E-state index contributed by atoms with van der Waals surface area (Å²) in [5.74, 6) is 2.39. The smallest absolute Gasteiger partial charge is 0.222 e. The van der Waals surface area contributed by atoms with Crippen LogP contribution in [0.1, 0.15) is 78.6 Å². The molecular weight excluding hydrogens is 420 g/mol. The number of unbranched alkanes of at least 4 members (excludes halogenated alkanes) is 1. The van der Waals surface area contributed by atoms with E-state index in [0.29, 0.717) is 38.8 Å².